The highest BCUT2D eigenvalue weighted by Gasteiger charge is 2.29. The van der Waals surface area contributed by atoms with Crippen LogP contribution in [0, 0.1) is 11.2 Å². The first-order valence-corrected chi connectivity index (χ1v) is 6.97. The van der Waals surface area contributed by atoms with Crippen molar-refractivity contribution < 1.29 is 4.39 Å². The summed E-state index contributed by atoms with van der Waals surface area (Å²) in [5.74, 6) is -0.553. The lowest BCUT2D eigenvalue weighted by Gasteiger charge is -2.36. The number of anilines is 3. The van der Waals surface area contributed by atoms with Crippen molar-refractivity contribution >= 4 is 28.7 Å². The fraction of sp³-hybridized carbons (Fsp3) is 0.571. The van der Waals surface area contributed by atoms with E-state index in [1.165, 1.54) is 12.5 Å². The molecule has 19 heavy (non-hydrogen) atoms. The van der Waals surface area contributed by atoms with Gasteiger partial charge >= 0.3 is 0 Å². The Labute approximate surface area is 118 Å². The zero-order valence-electron chi connectivity index (χ0n) is 11.4. The van der Waals surface area contributed by atoms with Crippen molar-refractivity contribution in [1.82, 2.24) is 0 Å². The van der Waals surface area contributed by atoms with E-state index in [-0.39, 0.29) is 27.9 Å². The lowest BCUT2D eigenvalue weighted by molar-refractivity contribution is 0.229. The van der Waals surface area contributed by atoms with Gasteiger partial charge in [0.15, 0.2) is 5.82 Å². The summed E-state index contributed by atoms with van der Waals surface area (Å²) in [7, 11) is 0. The van der Waals surface area contributed by atoms with Gasteiger partial charge in [-0.25, -0.2) is 4.39 Å². The molecule has 2 rings (SSSR count). The summed E-state index contributed by atoms with van der Waals surface area (Å²) >= 11 is 5.83. The molecule has 1 saturated carbocycles. The fourth-order valence-electron chi connectivity index (χ4n) is 2.84. The maximum absolute atomic E-state index is 14.1. The molecule has 1 aliphatic rings. The van der Waals surface area contributed by atoms with Crippen molar-refractivity contribution in [3.8, 4) is 0 Å². The molecule has 1 unspecified atom stereocenters. The summed E-state index contributed by atoms with van der Waals surface area (Å²) in [5.41, 5.74) is 12.5. The number of benzene rings is 1. The molecular formula is C14H21ClFN3. The lowest BCUT2D eigenvalue weighted by Crippen LogP contribution is -2.32. The quantitative estimate of drug-likeness (QED) is 0.719. The molecule has 1 atom stereocenters. The zero-order valence-corrected chi connectivity index (χ0v) is 12.1. The van der Waals surface area contributed by atoms with Crippen molar-refractivity contribution in [3.63, 3.8) is 0 Å². The van der Waals surface area contributed by atoms with Crippen LogP contribution in [0.2, 0.25) is 5.02 Å². The van der Waals surface area contributed by atoms with Crippen LogP contribution in [0.4, 0.5) is 21.5 Å². The predicted octanol–water partition coefficient (Wildman–Crippen LogP) is 4.02. The Morgan fingerprint density at radius 3 is 2.68 bits per heavy atom. The van der Waals surface area contributed by atoms with Gasteiger partial charge < -0.3 is 16.8 Å². The number of nitrogens with one attached hydrogen (secondary N) is 1. The van der Waals surface area contributed by atoms with E-state index in [0.717, 1.165) is 19.3 Å². The third-order valence-corrected chi connectivity index (χ3v) is 4.20. The smallest absolute Gasteiger partial charge is 0.169 e. The molecular weight excluding hydrogens is 265 g/mol. The van der Waals surface area contributed by atoms with E-state index in [9.17, 15) is 4.39 Å². The lowest BCUT2D eigenvalue weighted by atomic mass is 9.75. The van der Waals surface area contributed by atoms with Gasteiger partial charge in [-0.1, -0.05) is 31.9 Å². The largest absolute Gasteiger partial charge is 0.397 e. The molecule has 0 aliphatic heterocycles. The van der Waals surface area contributed by atoms with Gasteiger partial charge in [0.25, 0.3) is 0 Å². The van der Waals surface area contributed by atoms with Gasteiger partial charge in [-0.15, -0.1) is 0 Å². The third kappa shape index (κ3) is 3.06. The van der Waals surface area contributed by atoms with Crippen LogP contribution in [-0.4, -0.2) is 6.04 Å². The Kier molecular flexibility index (Phi) is 3.81. The van der Waals surface area contributed by atoms with E-state index in [2.05, 4.69) is 19.2 Å². The molecule has 5 heteroatoms. The minimum atomic E-state index is -0.553. The first-order valence-electron chi connectivity index (χ1n) is 6.59. The Morgan fingerprint density at radius 2 is 2.05 bits per heavy atom. The average molecular weight is 286 g/mol. The summed E-state index contributed by atoms with van der Waals surface area (Å²) < 4.78 is 14.1. The first kappa shape index (κ1) is 14.3. The summed E-state index contributed by atoms with van der Waals surface area (Å²) in [4.78, 5) is 0. The van der Waals surface area contributed by atoms with Crippen LogP contribution in [-0.2, 0) is 0 Å². The van der Waals surface area contributed by atoms with Gasteiger partial charge in [-0.05, 0) is 30.7 Å². The van der Waals surface area contributed by atoms with E-state index in [1.54, 1.807) is 0 Å². The molecule has 1 aromatic carbocycles. The highest BCUT2D eigenvalue weighted by Crippen LogP contribution is 2.39. The van der Waals surface area contributed by atoms with Crippen LogP contribution in [0.1, 0.15) is 39.5 Å². The number of nitrogen functional groups attached to an aromatic ring is 2. The Morgan fingerprint density at radius 1 is 1.37 bits per heavy atom. The molecule has 1 aromatic rings. The number of nitrogens with two attached hydrogens (primary N) is 2. The van der Waals surface area contributed by atoms with Gasteiger partial charge in [-0.3, -0.25) is 0 Å². The van der Waals surface area contributed by atoms with Crippen LogP contribution in [0.3, 0.4) is 0 Å². The Hall–Kier alpha value is -1.16. The molecule has 106 valence electrons. The van der Waals surface area contributed by atoms with E-state index in [0.29, 0.717) is 5.69 Å². The molecule has 1 fully saturated rings. The fourth-order valence-corrected chi connectivity index (χ4v) is 2.99. The maximum atomic E-state index is 14.1. The minimum Gasteiger partial charge on any atom is -0.397 e. The minimum absolute atomic E-state index is 0.0632. The van der Waals surface area contributed by atoms with E-state index < -0.39 is 5.82 Å². The SMILES string of the molecule is CC1(C)CCCC(Nc2c(N)cc(N)c(Cl)c2F)C1. The van der Waals surface area contributed by atoms with Crippen LogP contribution in [0.5, 0.6) is 0 Å². The van der Waals surface area contributed by atoms with Crippen molar-refractivity contribution in [3.05, 3.63) is 16.9 Å². The second-order valence-electron chi connectivity index (χ2n) is 6.16. The van der Waals surface area contributed by atoms with E-state index >= 15 is 0 Å². The number of hydrogen-bond donors (Lipinski definition) is 3. The molecule has 0 spiro atoms. The molecule has 0 radical (unpaired) electrons. The van der Waals surface area contributed by atoms with Gasteiger partial charge in [-0.2, -0.15) is 0 Å². The topological polar surface area (TPSA) is 64.1 Å². The standard InChI is InChI=1S/C14H21ClFN3/c1-14(2)5-3-4-8(7-14)19-13-10(18)6-9(17)11(15)12(13)16/h6,8,19H,3-5,7,17-18H2,1-2H3. The van der Waals surface area contributed by atoms with Crippen LogP contribution in [0.15, 0.2) is 6.07 Å². The van der Waals surface area contributed by atoms with Crippen LogP contribution >= 0.6 is 11.6 Å². The van der Waals surface area contributed by atoms with E-state index in [1.807, 2.05) is 0 Å². The summed E-state index contributed by atoms with van der Waals surface area (Å²) in [6, 6.07) is 1.72. The molecule has 0 bridgehead atoms. The van der Waals surface area contributed by atoms with Gasteiger partial charge in [0.2, 0.25) is 0 Å². The number of hydrogen-bond acceptors (Lipinski definition) is 3. The van der Waals surface area contributed by atoms with Gasteiger partial charge in [0, 0.05) is 6.04 Å². The van der Waals surface area contributed by atoms with Gasteiger partial charge in [0.05, 0.1) is 17.1 Å². The molecule has 0 saturated heterocycles. The normalized spacial score (nSPS) is 22.2. The molecule has 0 amide bonds. The predicted molar refractivity (Wildman–Crippen MR) is 79.9 cm³/mol. The summed E-state index contributed by atoms with van der Waals surface area (Å²) in [5, 5.41) is 3.14. The molecule has 5 N–H and O–H groups in total. The molecule has 1 aliphatic carbocycles. The van der Waals surface area contributed by atoms with E-state index in [4.69, 9.17) is 23.1 Å². The molecule has 3 nitrogen and oxygen atoms in total. The van der Waals surface area contributed by atoms with Crippen molar-refractivity contribution in [2.75, 3.05) is 16.8 Å². The highest BCUT2D eigenvalue weighted by molar-refractivity contribution is 6.33. The van der Waals surface area contributed by atoms with Crippen molar-refractivity contribution in [2.24, 2.45) is 5.41 Å². The second-order valence-corrected chi connectivity index (χ2v) is 6.54. The zero-order chi connectivity index (χ0) is 14.2. The van der Waals surface area contributed by atoms with Crippen molar-refractivity contribution in [2.45, 2.75) is 45.6 Å². The number of halogens is 2. The van der Waals surface area contributed by atoms with Crippen LogP contribution in [0.25, 0.3) is 0 Å². The monoisotopic (exact) mass is 285 g/mol. The average Bonchev–Trinajstić information content (AvgIpc) is 2.31. The molecule has 0 heterocycles. The Balaban J connectivity index is 2.22. The molecule has 0 aromatic heterocycles. The third-order valence-electron chi connectivity index (χ3n) is 3.82. The Bertz CT molecular complexity index is 488. The first-order chi connectivity index (χ1) is 8.80. The maximum Gasteiger partial charge on any atom is 0.169 e. The van der Waals surface area contributed by atoms with Gasteiger partial charge in [0.1, 0.15) is 5.02 Å². The highest BCUT2D eigenvalue weighted by atomic mass is 35.5. The second kappa shape index (κ2) is 5.08. The summed E-state index contributed by atoms with van der Waals surface area (Å²) in [6.07, 6.45) is 4.35. The van der Waals surface area contributed by atoms with Crippen molar-refractivity contribution in [1.29, 1.82) is 0 Å². The summed E-state index contributed by atoms with van der Waals surface area (Å²) in [6.45, 7) is 4.47. The van der Waals surface area contributed by atoms with Crippen LogP contribution < -0.4 is 16.8 Å². The number of rotatable bonds is 2.